The summed E-state index contributed by atoms with van der Waals surface area (Å²) in [5.74, 6) is 0.0551. The zero-order valence-electron chi connectivity index (χ0n) is 17.1. The van der Waals surface area contributed by atoms with Gasteiger partial charge in [0.05, 0.1) is 17.6 Å². The standard InChI is InChI=1S/C24H23N5O/c1-17-12-19-8-11-28(22-15-26-27(2)16-22)24(30)23(19)14-20(17)13-18-4-6-21(7-5-18)29-10-3-9-25-29/h3-7,9-10,12,14-16H,8,11,13H2,1-2H3. The summed E-state index contributed by atoms with van der Waals surface area (Å²) in [6, 6.07) is 14.6. The van der Waals surface area contributed by atoms with Crippen LogP contribution >= 0.6 is 0 Å². The number of hydrogen-bond acceptors (Lipinski definition) is 3. The van der Waals surface area contributed by atoms with E-state index in [0.717, 1.165) is 35.3 Å². The van der Waals surface area contributed by atoms with Gasteiger partial charge < -0.3 is 4.90 Å². The molecule has 0 saturated heterocycles. The third-order valence-electron chi connectivity index (χ3n) is 5.74. The van der Waals surface area contributed by atoms with E-state index in [1.165, 1.54) is 16.7 Å². The van der Waals surface area contributed by atoms with E-state index in [9.17, 15) is 4.79 Å². The smallest absolute Gasteiger partial charge is 0.258 e. The van der Waals surface area contributed by atoms with Crippen LogP contribution in [-0.4, -0.2) is 32.0 Å². The van der Waals surface area contributed by atoms with Gasteiger partial charge in [0.25, 0.3) is 5.91 Å². The van der Waals surface area contributed by atoms with Crippen molar-refractivity contribution in [2.75, 3.05) is 11.4 Å². The third kappa shape index (κ3) is 3.30. The summed E-state index contributed by atoms with van der Waals surface area (Å²) >= 11 is 0. The Kier molecular flexibility index (Phi) is 4.47. The number of carbonyl (C=O) groups is 1. The number of rotatable bonds is 4. The molecule has 150 valence electrons. The minimum atomic E-state index is 0.0551. The number of amides is 1. The molecule has 2 aromatic heterocycles. The number of hydrogen-bond donors (Lipinski definition) is 0. The normalized spacial score (nSPS) is 13.5. The van der Waals surface area contributed by atoms with Gasteiger partial charge in [-0.1, -0.05) is 18.2 Å². The molecule has 0 atom stereocenters. The molecule has 6 nitrogen and oxygen atoms in total. The largest absolute Gasteiger partial charge is 0.305 e. The van der Waals surface area contributed by atoms with E-state index in [1.54, 1.807) is 17.1 Å². The summed E-state index contributed by atoms with van der Waals surface area (Å²) < 4.78 is 3.57. The van der Waals surface area contributed by atoms with Crippen LogP contribution in [0.15, 0.2) is 67.3 Å². The van der Waals surface area contributed by atoms with Crippen molar-refractivity contribution in [2.24, 2.45) is 7.05 Å². The molecule has 0 spiro atoms. The molecule has 6 heteroatoms. The van der Waals surface area contributed by atoms with Crippen LogP contribution in [0.2, 0.25) is 0 Å². The molecule has 0 aliphatic carbocycles. The lowest BCUT2D eigenvalue weighted by atomic mass is 9.91. The fourth-order valence-electron chi connectivity index (χ4n) is 4.09. The van der Waals surface area contributed by atoms with Crippen LogP contribution in [0, 0.1) is 6.92 Å². The Morgan fingerprint density at radius 2 is 1.90 bits per heavy atom. The number of anilines is 1. The molecule has 1 amide bonds. The molecular weight excluding hydrogens is 374 g/mol. The first-order valence-corrected chi connectivity index (χ1v) is 10.1. The lowest BCUT2D eigenvalue weighted by Gasteiger charge is -2.28. The number of aryl methyl sites for hydroxylation is 2. The van der Waals surface area contributed by atoms with Crippen LogP contribution < -0.4 is 4.90 Å². The molecule has 0 fully saturated rings. The number of nitrogens with zero attached hydrogens (tertiary/aromatic N) is 5. The highest BCUT2D eigenvalue weighted by molar-refractivity contribution is 6.08. The Morgan fingerprint density at radius 3 is 2.60 bits per heavy atom. The summed E-state index contributed by atoms with van der Waals surface area (Å²) in [5.41, 5.74) is 7.45. The number of fused-ring (bicyclic) bond motifs is 1. The van der Waals surface area contributed by atoms with E-state index in [-0.39, 0.29) is 5.91 Å². The molecule has 5 rings (SSSR count). The molecule has 0 radical (unpaired) electrons. The molecule has 0 bridgehead atoms. The Morgan fingerprint density at radius 1 is 1.07 bits per heavy atom. The Bertz CT molecular complexity index is 1210. The van der Waals surface area contributed by atoms with Crippen LogP contribution in [0.4, 0.5) is 5.69 Å². The van der Waals surface area contributed by atoms with E-state index in [4.69, 9.17) is 0 Å². The van der Waals surface area contributed by atoms with Crippen molar-refractivity contribution in [1.82, 2.24) is 19.6 Å². The summed E-state index contributed by atoms with van der Waals surface area (Å²) in [6.45, 7) is 2.82. The van der Waals surface area contributed by atoms with E-state index < -0.39 is 0 Å². The maximum Gasteiger partial charge on any atom is 0.258 e. The SMILES string of the molecule is Cc1cc2c(cc1Cc1ccc(-n3cccn3)cc1)C(=O)N(c1cnn(C)c1)CC2. The van der Waals surface area contributed by atoms with Gasteiger partial charge >= 0.3 is 0 Å². The molecule has 30 heavy (non-hydrogen) atoms. The van der Waals surface area contributed by atoms with Crippen LogP contribution in [0.25, 0.3) is 5.69 Å². The lowest BCUT2D eigenvalue weighted by Crippen LogP contribution is -2.37. The molecule has 0 saturated carbocycles. The van der Waals surface area contributed by atoms with Crippen molar-refractivity contribution < 1.29 is 4.79 Å². The van der Waals surface area contributed by atoms with E-state index in [2.05, 4.69) is 53.5 Å². The van der Waals surface area contributed by atoms with Gasteiger partial charge in [0, 0.05) is 37.7 Å². The second-order valence-corrected chi connectivity index (χ2v) is 7.81. The highest BCUT2D eigenvalue weighted by Crippen LogP contribution is 2.28. The van der Waals surface area contributed by atoms with Crippen molar-refractivity contribution in [1.29, 1.82) is 0 Å². The zero-order chi connectivity index (χ0) is 20.7. The molecule has 1 aliphatic heterocycles. The molecule has 2 aromatic carbocycles. The average molecular weight is 397 g/mol. The maximum atomic E-state index is 13.2. The van der Waals surface area contributed by atoms with Gasteiger partial charge in [-0.25, -0.2) is 4.68 Å². The first-order chi connectivity index (χ1) is 14.6. The first-order valence-electron chi connectivity index (χ1n) is 10.1. The number of carbonyl (C=O) groups excluding carboxylic acids is 1. The van der Waals surface area contributed by atoms with E-state index in [0.29, 0.717) is 6.54 Å². The molecule has 4 aromatic rings. The van der Waals surface area contributed by atoms with Gasteiger partial charge in [0.1, 0.15) is 0 Å². The Balaban J connectivity index is 1.42. The van der Waals surface area contributed by atoms with Crippen molar-refractivity contribution >= 4 is 11.6 Å². The van der Waals surface area contributed by atoms with E-state index in [1.807, 2.05) is 35.1 Å². The highest BCUT2D eigenvalue weighted by atomic mass is 16.2. The van der Waals surface area contributed by atoms with Gasteiger partial charge in [-0.2, -0.15) is 10.2 Å². The maximum absolute atomic E-state index is 13.2. The van der Waals surface area contributed by atoms with Crippen LogP contribution in [0.3, 0.4) is 0 Å². The van der Waals surface area contributed by atoms with Crippen molar-refractivity contribution in [3.05, 3.63) is 95.1 Å². The number of benzene rings is 2. The van der Waals surface area contributed by atoms with Crippen molar-refractivity contribution in [3.8, 4) is 5.69 Å². The monoisotopic (exact) mass is 397 g/mol. The van der Waals surface area contributed by atoms with Crippen LogP contribution in [0.1, 0.15) is 32.6 Å². The summed E-state index contributed by atoms with van der Waals surface area (Å²) in [4.78, 5) is 15.0. The second-order valence-electron chi connectivity index (χ2n) is 7.81. The molecule has 0 unspecified atom stereocenters. The van der Waals surface area contributed by atoms with E-state index >= 15 is 0 Å². The molecular formula is C24H23N5O. The summed E-state index contributed by atoms with van der Waals surface area (Å²) in [5, 5.41) is 8.48. The van der Waals surface area contributed by atoms with Gasteiger partial charge in [0.2, 0.25) is 0 Å². The molecule has 1 aliphatic rings. The minimum Gasteiger partial charge on any atom is -0.305 e. The predicted molar refractivity (Wildman–Crippen MR) is 116 cm³/mol. The van der Waals surface area contributed by atoms with Gasteiger partial charge in [-0.3, -0.25) is 9.48 Å². The van der Waals surface area contributed by atoms with Crippen molar-refractivity contribution in [2.45, 2.75) is 19.8 Å². The van der Waals surface area contributed by atoms with Crippen molar-refractivity contribution in [3.63, 3.8) is 0 Å². The number of aromatic nitrogens is 4. The predicted octanol–water partition coefficient (Wildman–Crippen LogP) is 3.71. The first kappa shape index (κ1) is 18.4. The Hall–Kier alpha value is -3.67. The second kappa shape index (κ2) is 7.30. The summed E-state index contributed by atoms with van der Waals surface area (Å²) in [6.07, 6.45) is 8.99. The fraction of sp³-hybridized carbons (Fsp3) is 0.208. The van der Waals surface area contributed by atoms with Crippen LogP contribution in [0.5, 0.6) is 0 Å². The zero-order valence-corrected chi connectivity index (χ0v) is 17.1. The quantitative estimate of drug-likeness (QED) is 0.528. The summed E-state index contributed by atoms with van der Waals surface area (Å²) in [7, 11) is 1.87. The Labute approximate surface area is 175 Å². The minimum absolute atomic E-state index is 0.0551. The van der Waals surface area contributed by atoms with Crippen LogP contribution in [-0.2, 0) is 19.9 Å². The third-order valence-corrected chi connectivity index (χ3v) is 5.74. The lowest BCUT2D eigenvalue weighted by molar-refractivity contribution is 0.0980. The molecule has 3 heterocycles. The topological polar surface area (TPSA) is 56.0 Å². The molecule has 0 N–H and O–H groups in total. The highest BCUT2D eigenvalue weighted by Gasteiger charge is 2.27. The van der Waals surface area contributed by atoms with Gasteiger partial charge in [0.15, 0.2) is 0 Å². The van der Waals surface area contributed by atoms with Gasteiger partial charge in [-0.15, -0.1) is 0 Å². The fourth-order valence-corrected chi connectivity index (χ4v) is 4.09. The van der Waals surface area contributed by atoms with Gasteiger partial charge in [-0.05, 0) is 66.3 Å². The average Bonchev–Trinajstić information content (AvgIpc) is 3.42.